The third kappa shape index (κ3) is 9.16. The van der Waals surface area contributed by atoms with Crippen molar-refractivity contribution in [2.45, 2.75) is 65.0 Å². The van der Waals surface area contributed by atoms with E-state index in [4.69, 9.17) is 0 Å². The highest BCUT2D eigenvalue weighted by Gasteiger charge is 2.14. The van der Waals surface area contributed by atoms with Crippen LogP contribution < -0.4 is 5.32 Å². The van der Waals surface area contributed by atoms with Gasteiger partial charge in [0.15, 0.2) is 0 Å². The molecule has 2 atom stereocenters. The first-order chi connectivity index (χ1) is 7.39. The molecule has 0 radical (unpaired) electrons. The summed E-state index contributed by atoms with van der Waals surface area (Å²) in [6.07, 6.45) is 7.14. The SMILES string of the molecule is CCCCC(CCC)NC(C)CS(C)(=O)=O. The molecule has 3 nitrogen and oxygen atoms in total. The van der Waals surface area contributed by atoms with E-state index >= 15 is 0 Å². The maximum absolute atomic E-state index is 11.2. The summed E-state index contributed by atoms with van der Waals surface area (Å²) in [7, 11) is -2.87. The summed E-state index contributed by atoms with van der Waals surface area (Å²) in [5, 5.41) is 3.43. The summed E-state index contributed by atoms with van der Waals surface area (Å²) < 4.78 is 22.3. The minimum absolute atomic E-state index is 0.0587. The monoisotopic (exact) mass is 249 g/mol. The molecule has 0 fully saturated rings. The molecule has 2 unspecified atom stereocenters. The van der Waals surface area contributed by atoms with E-state index in [2.05, 4.69) is 19.2 Å². The molecular formula is C12H27NO2S. The van der Waals surface area contributed by atoms with Crippen LogP contribution in [0.5, 0.6) is 0 Å². The molecule has 0 amide bonds. The zero-order valence-corrected chi connectivity index (χ0v) is 11.9. The zero-order chi connectivity index (χ0) is 12.6. The standard InChI is InChI=1S/C12H27NO2S/c1-5-7-9-12(8-6-2)13-11(3)10-16(4,14)15/h11-13H,5-10H2,1-4H3. The largest absolute Gasteiger partial charge is 0.310 e. The smallest absolute Gasteiger partial charge is 0.148 e. The lowest BCUT2D eigenvalue weighted by atomic mass is 10.0. The third-order valence-corrected chi connectivity index (χ3v) is 3.72. The summed E-state index contributed by atoms with van der Waals surface area (Å²) in [5.74, 6) is 0.235. The van der Waals surface area contributed by atoms with E-state index in [1.807, 2.05) is 6.92 Å². The molecule has 1 N–H and O–H groups in total. The van der Waals surface area contributed by atoms with Crippen LogP contribution in [0.15, 0.2) is 0 Å². The first-order valence-corrected chi connectivity index (χ1v) is 8.38. The second-order valence-corrected chi connectivity index (χ2v) is 6.97. The van der Waals surface area contributed by atoms with Gasteiger partial charge in [0, 0.05) is 18.3 Å². The van der Waals surface area contributed by atoms with Gasteiger partial charge in [0.1, 0.15) is 9.84 Å². The molecule has 0 bridgehead atoms. The second-order valence-electron chi connectivity index (χ2n) is 4.79. The summed E-state index contributed by atoms with van der Waals surface area (Å²) in [4.78, 5) is 0. The highest BCUT2D eigenvalue weighted by molar-refractivity contribution is 7.90. The van der Waals surface area contributed by atoms with Crippen LogP contribution in [-0.4, -0.2) is 32.5 Å². The van der Waals surface area contributed by atoms with E-state index in [0.717, 1.165) is 19.3 Å². The highest BCUT2D eigenvalue weighted by atomic mass is 32.2. The number of hydrogen-bond donors (Lipinski definition) is 1. The second kappa shape index (κ2) is 8.07. The molecular weight excluding hydrogens is 222 g/mol. The van der Waals surface area contributed by atoms with Crippen LogP contribution in [0.3, 0.4) is 0 Å². The van der Waals surface area contributed by atoms with Crippen molar-refractivity contribution in [2.24, 2.45) is 0 Å². The van der Waals surface area contributed by atoms with Gasteiger partial charge in [0.25, 0.3) is 0 Å². The van der Waals surface area contributed by atoms with E-state index in [1.165, 1.54) is 19.1 Å². The fraction of sp³-hybridized carbons (Fsp3) is 1.00. The number of hydrogen-bond acceptors (Lipinski definition) is 3. The molecule has 4 heteroatoms. The maximum Gasteiger partial charge on any atom is 0.148 e. The molecule has 98 valence electrons. The van der Waals surface area contributed by atoms with Crippen LogP contribution in [0.2, 0.25) is 0 Å². The van der Waals surface area contributed by atoms with Gasteiger partial charge in [0.05, 0.1) is 5.75 Å². The molecule has 0 saturated heterocycles. The number of unbranched alkanes of at least 4 members (excludes halogenated alkanes) is 1. The fourth-order valence-corrected chi connectivity index (χ4v) is 3.02. The zero-order valence-electron chi connectivity index (χ0n) is 11.1. The molecule has 0 aromatic heterocycles. The molecule has 0 spiro atoms. The average molecular weight is 249 g/mol. The van der Waals surface area contributed by atoms with Crippen molar-refractivity contribution in [3.63, 3.8) is 0 Å². The van der Waals surface area contributed by atoms with Crippen LogP contribution in [-0.2, 0) is 9.84 Å². The van der Waals surface area contributed by atoms with Crippen molar-refractivity contribution < 1.29 is 8.42 Å². The Morgan fingerprint density at radius 1 is 1.12 bits per heavy atom. The Morgan fingerprint density at radius 3 is 2.19 bits per heavy atom. The first-order valence-electron chi connectivity index (χ1n) is 6.32. The Hall–Kier alpha value is -0.0900. The van der Waals surface area contributed by atoms with Crippen molar-refractivity contribution in [1.82, 2.24) is 5.32 Å². The molecule has 0 heterocycles. The third-order valence-electron chi connectivity index (χ3n) is 2.62. The fourth-order valence-electron chi connectivity index (χ4n) is 2.01. The summed E-state index contributed by atoms with van der Waals surface area (Å²) >= 11 is 0. The van der Waals surface area contributed by atoms with Crippen LogP contribution >= 0.6 is 0 Å². The molecule has 16 heavy (non-hydrogen) atoms. The Bertz CT molecular complexity index is 262. The molecule has 0 aliphatic carbocycles. The lowest BCUT2D eigenvalue weighted by molar-refractivity contribution is 0.403. The Kier molecular flexibility index (Phi) is 8.02. The quantitative estimate of drug-likeness (QED) is 0.682. The number of nitrogens with one attached hydrogen (secondary N) is 1. The van der Waals surface area contributed by atoms with E-state index in [-0.39, 0.29) is 11.8 Å². The van der Waals surface area contributed by atoms with Crippen molar-refractivity contribution >= 4 is 9.84 Å². The molecule has 0 aliphatic rings. The Morgan fingerprint density at radius 2 is 1.75 bits per heavy atom. The van der Waals surface area contributed by atoms with Gasteiger partial charge < -0.3 is 5.32 Å². The molecule has 0 aromatic carbocycles. The van der Waals surface area contributed by atoms with E-state index < -0.39 is 9.84 Å². The van der Waals surface area contributed by atoms with Crippen molar-refractivity contribution in [3.8, 4) is 0 Å². The van der Waals surface area contributed by atoms with Crippen LogP contribution in [0.25, 0.3) is 0 Å². The molecule has 0 aromatic rings. The van der Waals surface area contributed by atoms with Crippen molar-refractivity contribution in [1.29, 1.82) is 0 Å². The minimum atomic E-state index is -2.87. The van der Waals surface area contributed by atoms with Crippen LogP contribution in [0.4, 0.5) is 0 Å². The van der Waals surface area contributed by atoms with Gasteiger partial charge >= 0.3 is 0 Å². The Labute approximate surface area is 101 Å². The van der Waals surface area contributed by atoms with Gasteiger partial charge in [-0.2, -0.15) is 0 Å². The van der Waals surface area contributed by atoms with Crippen molar-refractivity contribution in [2.75, 3.05) is 12.0 Å². The van der Waals surface area contributed by atoms with E-state index in [9.17, 15) is 8.42 Å². The summed E-state index contributed by atoms with van der Waals surface area (Å²) in [6.45, 7) is 6.31. The van der Waals surface area contributed by atoms with Gasteiger partial charge in [-0.1, -0.05) is 33.1 Å². The van der Waals surface area contributed by atoms with Crippen LogP contribution in [0.1, 0.15) is 52.9 Å². The number of rotatable bonds is 9. The lowest BCUT2D eigenvalue weighted by Gasteiger charge is -2.22. The Balaban J connectivity index is 4.06. The van der Waals surface area contributed by atoms with Gasteiger partial charge in [-0.15, -0.1) is 0 Å². The molecule has 0 saturated carbocycles. The number of sulfone groups is 1. The van der Waals surface area contributed by atoms with E-state index in [1.54, 1.807) is 0 Å². The molecule has 0 aliphatic heterocycles. The van der Waals surface area contributed by atoms with Gasteiger partial charge in [-0.05, 0) is 19.8 Å². The minimum Gasteiger partial charge on any atom is -0.310 e. The van der Waals surface area contributed by atoms with Gasteiger partial charge in [0.2, 0.25) is 0 Å². The lowest BCUT2D eigenvalue weighted by Crippen LogP contribution is -2.40. The topological polar surface area (TPSA) is 46.2 Å². The van der Waals surface area contributed by atoms with Gasteiger partial charge in [-0.25, -0.2) is 8.42 Å². The highest BCUT2D eigenvalue weighted by Crippen LogP contribution is 2.08. The summed E-state index contributed by atoms with van der Waals surface area (Å²) in [5.41, 5.74) is 0. The van der Waals surface area contributed by atoms with E-state index in [0.29, 0.717) is 6.04 Å². The van der Waals surface area contributed by atoms with Crippen molar-refractivity contribution in [3.05, 3.63) is 0 Å². The summed E-state index contributed by atoms with van der Waals surface area (Å²) in [6, 6.07) is 0.533. The average Bonchev–Trinajstić information content (AvgIpc) is 2.11. The first kappa shape index (κ1) is 15.9. The molecule has 0 rings (SSSR count). The predicted molar refractivity (Wildman–Crippen MR) is 70.5 cm³/mol. The predicted octanol–water partition coefficient (Wildman–Crippen LogP) is 2.37. The normalized spacial score (nSPS) is 16.0. The van der Waals surface area contributed by atoms with Crippen LogP contribution in [0, 0.1) is 0 Å². The maximum atomic E-state index is 11.2. The van der Waals surface area contributed by atoms with Gasteiger partial charge in [-0.3, -0.25) is 0 Å².